The number of nitrogens with zero attached hydrogens (tertiary/aromatic N) is 3. The fourth-order valence-corrected chi connectivity index (χ4v) is 2.76. The zero-order chi connectivity index (χ0) is 15.3. The summed E-state index contributed by atoms with van der Waals surface area (Å²) in [6.07, 6.45) is 4.44. The molecule has 0 aliphatic heterocycles. The first kappa shape index (κ1) is 15.5. The molecule has 0 aliphatic rings. The highest BCUT2D eigenvalue weighted by Crippen LogP contribution is 2.12. The molecular formula is C12H18N6O2S. The van der Waals surface area contributed by atoms with Crippen molar-refractivity contribution < 1.29 is 8.42 Å². The zero-order valence-electron chi connectivity index (χ0n) is 11.9. The van der Waals surface area contributed by atoms with Crippen molar-refractivity contribution in [2.75, 3.05) is 0 Å². The second-order valence-corrected chi connectivity index (χ2v) is 6.49. The Bertz CT molecular complexity index is 668. The number of rotatable bonds is 7. The quantitative estimate of drug-likeness (QED) is 0.672. The molecule has 8 nitrogen and oxygen atoms in total. The molecule has 0 fully saturated rings. The summed E-state index contributed by atoms with van der Waals surface area (Å²) in [4.78, 5) is 7.75. The van der Waals surface area contributed by atoms with E-state index in [1.165, 1.54) is 12.5 Å². The molecule has 0 atom stereocenters. The summed E-state index contributed by atoms with van der Waals surface area (Å²) in [7, 11) is -3.66. The van der Waals surface area contributed by atoms with Gasteiger partial charge in [0.05, 0.1) is 18.4 Å². The third kappa shape index (κ3) is 4.31. The van der Waals surface area contributed by atoms with Crippen LogP contribution in [0.2, 0.25) is 0 Å². The first-order valence-electron chi connectivity index (χ1n) is 6.49. The van der Waals surface area contributed by atoms with Crippen molar-refractivity contribution in [3.8, 4) is 0 Å². The zero-order valence-corrected chi connectivity index (χ0v) is 12.7. The molecule has 0 aromatic carbocycles. The maximum Gasteiger partial charge on any atom is 0.258 e. The highest BCUT2D eigenvalue weighted by molar-refractivity contribution is 7.89. The minimum absolute atomic E-state index is 0.0738. The van der Waals surface area contributed by atoms with Gasteiger partial charge < -0.3 is 5.32 Å². The minimum Gasteiger partial charge on any atom is -0.310 e. The second kappa shape index (κ2) is 6.74. The van der Waals surface area contributed by atoms with Crippen LogP contribution in [0.3, 0.4) is 0 Å². The van der Waals surface area contributed by atoms with Gasteiger partial charge in [0.2, 0.25) is 0 Å². The van der Waals surface area contributed by atoms with Crippen LogP contribution in [-0.4, -0.2) is 34.6 Å². The molecule has 21 heavy (non-hydrogen) atoms. The van der Waals surface area contributed by atoms with Gasteiger partial charge >= 0.3 is 0 Å². The number of H-pyrrole nitrogens is 1. The predicted molar refractivity (Wildman–Crippen MR) is 76.6 cm³/mol. The van der Waals surface area contributed by atoms with E-state index in [0.29, 0.717) is 17.8 Å². The van der Waals surface area contributed by atoms with E-state index in [1.54, 1.807) is 12.3 Å². The Morgan fingerprint density at radius 3 is 2.81 bits per heavy atom. The number of aromatic amines is 1. The average molecular weight is 310 g/mol. The smallest absolute Gasteiger partial charge is 0.258 e. The topological polar surface area (TPSA) is 113 Å². The molecular weight excluding hydrogens is 292 g/mol. The maximum absolute atomic E-state index is 12.3. The van der Waals surface area contributed by atoms with Crippen LogP contribution < -0.4 is 10.0 Å². The Labute approximate surface area is 123 Å². The van der Waals surface area contributed by atoms with Crippen molar-refractivity contribution >= 4 is 10.0 Å². The fraction of sp³-hybridized carbons (Fsp3) is 0.417. The number of aromatic nitrogens is 4. The molecule has 2 aromatic rings. The van der Waals surface area contributed by atoms with Crippen molar-refractivity contribution in [1.82, 2.24) is 30.2 Å². The van der Waals surface area contributed by atoms with Gasteiger partial charge in [0, 0.05) is 24.3 Å². The molecule has 114 valence electrons. The number of sulfonamides is 1. The molecule has 0 unspecified atom stereocenters. The lowest BCUT2D eigenvalue weighted by molar-refractivity contribution is 0.564. The fourth-order valence-electron chi connectivity index (χ4n) is 1.64. The van der Waals surface area contributed by atoms with Crippen LogP contribution >= 0.6 is 0 Å². The average Bonchev–Trinajstić information content (AvgIpc) is 2.93. The summed E-state index contributed by atoms with van der Waals surface area (Å²) in [6.45, 7) is 4.50. The lowest BCUT2D eigenvalue weighted by Crippen LogP contribution is -2.27. The van der Waals surface area contributed by atoms with Crippen LogP contribution in [0.5, 0.6) is 0 Å². The summed E-state index contributed by atoms with van der Waals surface area (Å²) in [5.74, 6) is 0. The van der Waals surface area contributed by atoms with Crippen molar-refractivity contribution in [3.05, 3.63) is 36.0 Å². The Balaban J connectivity index is 2.07. The molecule has 3 N–H and O–H groups in total. The Morgan fingerprint density at radius 2 is 2.14 bits per heavy atom. The van der Waals surface area contributed by atoms with Gasteiger partial charge in [0.15, 0.2) is 5.03 Å². The van der Waals surface area contributed by atoms with Crippen LogP contribution in [0.15, 0.2) is 29.8 Å². The van der Waals surface area contributed by atoms with Crippen LogP contribution in [0.1, 0.15) is 25.1 Å². The van der Waals surface area contributed by atoms with Gasteiger partial charge in [-0.05, 0) is 6.07 Å². The molecule has 2 heterocycles. The summed E-state index contributed by atoms with van der Waals surface area (Å²) in [5, 5.41) is 9.58. The second-order valence-electron chi connectivity index (χ2n) is 4.79. The van der Waals surface area contributed by atoms with Crippen LogP contribution in [-0.2, 0) is 23.1 Å². The Kier molecular flexibility index (Phi) is 4.99. The van der Waals surface area contributed by atoms with Crippen LogP contribution in [0.4, 0.5) is 0 Å². The molecule has 0 saturated carbocycles. The summed E-state index contributed by atoms with van der Waals surface area (Å²) in [6, 6.07) is 1.90. The summed E-state index contributed by atoms with van der Waals surface area (Å²) < 4.78 is 27.0. The van der Waals surface area contributed by atoms with Gasteiger partial charge in [-0.25, -0.2) is 23.1 Å². The van der Waals surface area contributed by atoms with Crippen molar-refractivity contribution in [3.63, 3.8) is 0 Å². The van der Waals surface area contributed by atoms with E-state index in [4.69, 9.17) is 0 Å². The largest absolute Gasteiger partial charge is 0.310 e. The third-order valence-corrected chi connectivity index (χ3v) is 4.15. The van der Waals surface area contributed by atoms with Gasteiger partial charge in [0.25, 0.3) is 10.0 Å². The van der Waals surface area contributed by atoms with Gasteiger partial charge in [0.1, 0.15) is 6.33 Å². The van der Waals surface area contributed by atoms with Gasteiger partial charge in [-0.2, -0.15) is 5.10 Å². The number of nitrogens with one attached hydrogen (secondary N) is 3. The summed E-state index contributed by atoms with van der Waals surface area (Å²) in [5.41, 5.74) is 1.19. The normalized spacial score (nSPS) is 12.0. The summed E-state index contributed by atoms with van der Waals surface area (Å²) >= 11 is 0. The van der Waals surface area contributed by atoms with E-state index in [2.05, 4.69) is 30.2 Å². The minimum atomic E-state index is -3.66. The molecule has 0 saturated heterocycles. The molecule has 9 heteroatoms. The standard InChI is InChI=1S/C12H18N6O2S/c1-9(2)14-5-10-6-16-18-12(10)21(19,20)17-7-11-3-4-13-8-15-11/h3-4,6,8-9,14,17H,5,7H2,1-2H3,(H,16,18). The van der Waals surface area contributed by atoms with Crippen LogP contribution in [0, 0.1) is 0 Å². The first-order valence-corrected chi connectivity index (χ1v) is 7.97. The first-order chi connectivity index (χ1) is 9.99. The van der Waals surface area contributed by atoms with E-state index < -0.39 is 10.0 Å². The lowest BCUT2D eigenvalue weighted by atomic mass is 10.3. The number of hydrogen-bond donors (Lipinski definition) is 3. The monoisotopic (exact) mass is 310 g/mol. The Morgan fingerprint density at radius 1 is 1.33 bits per heavy atom. The Hall–Kier alpha value is -1.84. The van der Waals surface area contributed by atoms with Crippen molar-refractivity contribution in [1.29, 1.82) is 0 Å². The van der Waals surface area contributed by atoms with Gasteiger partial charge in [-0.3, -0.25) is 5.10 Å². The highest BCUT2D eigenvalue weighted by atomic mass is 32.2. The van der Waals surface area contributed by atoms with E-state index in [0.717, 1.165) is 0 Å². The molecule has 2 aromatic heterocycles. The van der Waals surface area contributed by atoms with E-state index in [9.17, 15) is 8.42 Å². The number of hydrogen-bond acceptors (Lipinski definition) is 6. The molecule has 0 spiro atoms. The van der Waals surface area contributed by atoms with E-state index in [1.807, 2.05) is 13.8 Å². The molecule has 0 bridgehead atoms. The van der Waals surface area contributed by atoms with E-state index >= 15 is 0 Å². The van der Waals surface area contributed by atoms with Crippen LogP contribution in [0.25, 0.3) is 0 Å². The lowest BCUT2D eigenvalue weighted by Gasteiger charge is -2.09. The van der Waals surface area contributed by atoms with Gasteiger partial charge in [-0.1, -0.05) is 13.8 Å². The molecule has 0 radical (unpaired) electrons. The highest BCUT2D eigenvalue weighted by Gasteiger charge is 2.20. The SMILES string of the molecule is CC(C)NCc1cn[nH]c1S(=O)(=O)NCc1ccncn1. The van der Waals surface area contributed by atoms with Gasteiger partial charge in [-0.15, -0.1) is 0 Å². The van der Waals surface area contributed by atoms with E-state index in [-0.39, 0.29) is 17.6 Å². The molecule has 0 aliphatic carbocycles. The molecule has 0 amide bonds. The van der Waals surface area contributed by atoms with Crippen molar-refractivity contribution in [2.24, 2.45) is 0 Å². The molecule has 2 rings (SSSR count). The maximum atomic E-state index is 12.3. The predicted octanol–water partition coefficient (Wildman–Crippen LogP) is 0.176. The van der Waals surface area contributed by atoms with Crippen molar-refractivity contribution in [2.45, 2.75) is 38.0 Å². The third-order valence-electron chi connectivity index (χ3n) is 2.73.